The van der Waals surface area contributed by atoms with Crippen molar-refractivity contribution in [1.82, 2.24) is 4.98 Å². The Hall–Kier alpha value is -2.23. The Balaban J connectivity index is 2.63. The minimum absolute atomic E-state index is 0.0580. The van der Waals surface area contributed by atoms with E-state index in [1.54, 1.807) is 12.4 Å². The average molecular weight is 231 g/mol. The third-order valence-electron chi connectivity index (χ3n) is 2.40. The van der Waals surface area contributed by atoms with Gasteiger partial charge < -0.3 is 5.11 Å². The lowest BCUT2D eigenvalue weighted by Crippen LogP contribution is -2.00. The number of carboxylic acids is 1. The quantitative estimate of drug-likeness (QED) is 0.864. The lowest BCUT2D eigenvalue weighted by molar-refractivity contribution is 0.0697. The van der Waals surface area contributed by atoms with Crippen molar-refractivity contribution in [3.05, 3.63) is 53.6 Å². The van der Waals surface area contributed by atoms with Gasteiger partial charge in [0.1, 0.15) is 5.82 Å². The van der Waals surface area contributed by atoms with Crippen LogP contribution in [0.3, 0.4) is 0 Å². The van der Waals surface area contributed by atoms with Crippen LogP contribution >= 0.6 is 0 Å². The number of benzene rings is 1. The van der Waals surface area contributed by atoms with E-state index in [9.17, 15) is 9.18 Å². The number of rotatable bonds is 2. The lowest BCUT2D eigenvalue weighted by Gasteiger charge is -2.06. The molecule has 0 amide bonds. The lowest BCUT2D eigenvalue weighted by atomic mass is 10.0. The number of aromatic nitrogens is 1. The fraction of sp³-hybridized carbons (Fsp3) is 0.0769. The van der Waals surface area contributed by atoms with Gasteiger partial charge in [0.05, 0.1) is 5.56 Å². The molecular weight excluding hydrogens is 221 g/mol. The van der Waals surface area contributed by atoms with Crippen LogP contribution < -0.4 is 0 Å². The van der Waals surface area contributed by atoms with E-state index in [0.717, 1.165) is 11.6 Å². The minimum atomic E-state index is -1.15. The zero-order valence-electron chi connectivity index (χ0n) is 9.14. The summed E-state index contributed by atoms with van der Waals surface area (Å²) >= 11 is 0. The topological polar surface area (TPSA) is 50.2 Å². The van der Waals surface area contributed by atoms with Crippen molar-refractivity contribution in [2.24, 2.45) is 0 Å². The van der Waals surface area contributed by atoms with Gasteiger partial charge in [-0.25, -0.2) is 9.18 Å². The molecule has 0 aliphatic rings. The summed E-state index contributed by atoms with van der Waals surface area (Å²) in [7, 11) is 0. The Morgan fingerprint density at radius 2 is 2.06 bits per heavy atom. The number of pyridine rings is 1. The van der Waals surface area contributed by atoms with E-state index in [1.165, 1.54) is 12.1 Å². The summed E-state index contributed by atoms with van der Waals surface area (Å²) in [6, 6.07) is 5.52. The van der Waals surface area contributed by atoms with Crippen LogP contribution in [0.1, 0.15) is 15.9 Å². The van der Waals surface area contributed by atoms with Gasteiger partial charge in [0.2, 0.25) is 0 Å². The highest BCUT2D eigenvalue weighted by atomic mass is 19.1. The predicted molar refractivity (Wildman–Crippen MR) is 61.3 cm³/mol. The number of carbonyl (C=O) groups is 1. The van der Waals surface area contributed by atoms with Crippen LogP contribution in [0.2, 0.25) is 0 Å². The first-order chi connectivity index (χ1) is 8.08. The molecule has 0 fully saturated rings. The Labute approximate surface area is 97.6 Å². The second kappa shape index (κ2) is 4.33. The van der Waals surface area contributed by atoms with Crippen molar-refractivity contribution in [3.8, 4) is 11.1 Å². The van der Waals surface area contributed by atoms with E-state index in [0.29, 0.717) is 11.1 Å². The van der Waals surface area contributed by atoms with Gasteiger partial charge in [-0.3, -0.25) is 4.98 Å². The first-order valence-electron chi connectivity index (χ1n) is 5.03. The molecule has 0 spiro atoms. The average Bonchev–Trinajstić information content (AvgIpc) is 2.28. The van der Waals surface area contributed by atoms with E-state index in [1.807, 2.05) is 13.0 Å². The Bertz CT molecular complexity index is 581. The van der Waals surface area contributed by atoms with Crippen LogP contribution in [-0.4, -0.2) is 16.1 Å². The van der Waals surface area contributed by atoms with Crippen molar-refractivity contribution in [1.29, 1.82) is 0 Å². The van der Waals surface area contributed by atoms with E-state index in [4.69, 9.17) is 5.11 Å². The van der Waals surface area contributed by atoms with Gasteiger partial charge in [0.15, 0.2) is 0 Å². The highest BCUT2D eigenvalue weighted by molar-refractivity contribution is 5.95. The number of aromatic carboxylic acids is 1. The fourth-order valence-corrected chi connectivity index (χ4v) is 1.65. The molecule has 1 aromatic carbocycles. The Kier molecular flexibility index (Phi) is 2.87. The normalized spacial score (nSPS) is 10.2. The van der Waals surface area contributed by atoms with Gasteiger partial charge in [0, 0.05) is 18.0 Å². The van der Waals surface area contributed by atoms with Gasteiger partial charge in [-0.05, 0) is 36.2 Å². The van der Waals surface area contributed by atoms with Crippen molar-refractivity contribution in [2.45, 2.75) is 6.92 Å². The summed E-state index contributed by atoms with van der Waals surface area (Å²) < 4.78 is 13.0. The summed E-state index contributed by atoms with van der Waals surface area (Å²) in [5.74, 6) is -1.72. The van der Waals surface area contributed by atoms with Crippen molar-refractivity contribution < 1.29 is 14.3 Å². The molecule has 1 aromatic heterocycles. The summed E-state index contributed by atoms with van der Waals surface area (Å²) in [6.07, 6.45) is 3.24. The van der Waals surface area contributed by atoms with Crippen LogP contribution in [0.25, 0.3) is 11.1 Å². The smallest absolute Gasteiger partial charge is 0.336 e. The first kappa shape index (κ1) is 11.3. The van der Waals surface area contributed by atoms with Gasteiger partial charge in [-0.1, -0.05) is 6.07 Å². The molecular formula is C13H10FNO2. The number of hydrogen-bond donors (Lipinski definition) is 1. The van der Waals surface area contributed by atoms with Crippen LogP contribution in [0, 0.1) is 12.7 Å². The largest absolute Gasteiger partial charge is 0.478 e. The molecule has 86 valence electrons. The molecule has 17 heavy (non-hydrogen) atoms. The van der Waals surface area contributed by atoms with E-state index in [2.05, 4.69) is 4.98 Å². The highest BCUT2D eigenvalue weighted by Crippen LogP contribution is 2.24. The molecule has 0 bridgehead atoms. The van der Waals surface area contributed by atoms with Gasteiger partial charge in [-0.2, -0.15) is 0 Å². The summed E-state index contributed by atoms with van der Waals surface area (Å²) in [5.41, 5.74) is 2.00. The monoisotopic (exact) mass is 231 g/mol. The SMILES string of the molecule is Cc1cncc(-c2ccc(F)cc2C(=O)O)c1. The zero-order chi connectivity index (χ0) is 12.4. The molecule has 4 heteroatoms. The third-order valence-corrected chi connectivity index (χ3v) is 2.40. The summed E-state index contributed by atoms with van der Waals surface area (Å²) in [6.45, 7) is 1.86. The molecule has 0 radical (unpaired) electrons. The Morgan fingerprint density at radius 3 is 2.71 bits per heavy atom. The number of carboxylic acid groups (broad SMARTS) is 1. The number of aryl methyl sites for hydroxylation is 1. The Morgan fingerprint density at radius 1 is 1.29 bits per heavy atom. The van der Waals surface area contributed by atoms with Gasteiger partial charge in [-0.15, -0.1) is 0 Å². The van der Waals surface area contributed by atoms with Crippen molar-refractivity contribution in [3.63, 3.8) is 0 Å². The summed E-state index contributed by atoms with van der Waals surface area (Å²) in [4.78, 5) is 15.0. The van der Waals surface area contributed by atoms with Gasteiger partial charge >= 0.3 is 5.97 Å². The molecule has 2 aromatic rings. The van der Waals surface area contributed by atoms with Gasteiger partial charge in [0.25, 0.3) is 0 Å². The molecule has 1 heterocycles. The minimum Gasteiger partial charge on any atom is -0.478 e. The maximum absolute atomic E-state index is 13.0. The number of nitrogens with zero attached hydrogens (tertiary/aromatic N) is 1. The fourth-order valence-electron chi connectivity index (χ4n) is 1.65. The molecule has 0 aliphatic heterocycles. The molecule has 3 nitrogen and oxygen atoms in total. The highest BCUT2D eigenvalue weighted by Gasteiger charge is 2.13. The zero-order valence-corrected chi connectivity index (χ0v) is 9.14. The molecule has 1 N–H and O–H groups in total. The number of halogens is 1. The maximum Gasteiger partial charge on any atom is 0.336 e. The molecule has 2 rings (SSSR count). The van der Waals surface area contributed by atoms with Crippen LogP contribution in [0.5, 0.6) is 0 Å². The second-order valence-electron chi connectivity index (χ2n) is 3.75. The van der Waals surface area contributed by atoms with Crippen molar-refractivity contribution >= 4 is 5.97 Å². The molecule has 0 atom stereocenters. The standard InChI is InChI=1S/C13H10FNO2/c1-8-4-9(7-15-6-8)11-3-2-10(14)5-12(11)13(16)17/h2-7H,1H3,(H,16,17). The summed E-state index contributed by atoms with van der Waals surface area (Å²) in [5, 5.41) is 9.03. The molecule has 0 saturated heterocycles. The van der Waals surface area contributed by atoms with Crippen LogP contribution in [-0.2, 0) is 0 Å². The second-order valence-corrected chi connectivity index (χ2v) is 3.75. The number of hydrogen-bond acceptors (Lipinski definition) is 2. The molecule has 0 aliphatic carbocycles. The third kappa shape index (κ3) is 2.30. The predicted octanol–water partition coefficient (Wildman–Crippen LogP) is 2.89. The van der Waals surface area contributed by atoms with E-state index >= 15 is 0 Å². The van der Waals surface area contributed by atoms with Crippen LogP contribution in [0.15, 0.2) is 36.7 Å². The van der Waals surface area contributed by atoms with E-state index in [-0.39, 0.29) is 5.56 Å². The molecule has 0 saturated carbocycles. The molecule has 0 unspecified atom stereocenters. The van der Waals surface area contributed by atoms with Crippen molar-refractivity contribution in [2.75, 3.05) is 0 Å². The first-order valence-corrected chi connectivity index (χ1v) is 5.03. The van der Waals surface area contributed by atoms with Crippen LogP contribution in [0.4, 0.5) is 4.39 Å². The maximum atomic E-state index is 13.0. The van der Waals surface area contributed by atoms with E-state index < -0.39 is 11.8 Å².